The minimum Gasteiger partial charge on any atom is -0.340 e. The van der Waals surface area contributed by atoms with Crippen molar-refractivity contribution in [2.24, 2.45) is 0 Å². The normalized spacial score (nSPS) is 19.1. The molecule has 0 spiro atoms. The standard InChI is InChI=1S/C18H23FN4O2/c1-12(15-5-4-6-16(19)9-15)22-8-7-17(10-22)23(14(3)24)11-18-20-13(2)25-21-18/h4-6,9,12,17H,7-8,10-11H2,1-3H3/t12-,17-/m0/s1. The average Bonchev–Trinajstić information content (AvgIpc) is 3.20. The average molecular weight is 346 g/mol. The van der Waals surface area contributed by atoms with Crippen molar-refractivity contribution in [3.8, 4) is 0 Å². The molecular formula is C18H23FN4O2. The fourth-order valence-electron chi connectivity index (χ4n) is 3.41. The number of rotatable bonds is 5. The second-order valence-corrected chi connectivity index (χ2v) is 6.54. The summed E-state index contributed by atoms with van der Waals surface area (Å²) in [5.74, 6) is 0.779. The zero-order valence-electron chi connectivity index (χ0n) is 14.8. The van der Waals surface area contributed by atoms with E-state index in [0.29, 0.717) is 18.3 Å². The molecule has 1 amide bonds. The van der Waals surface area contributed by atoms with E-state index in [9.17, 15) is 9.18 Å². The van der Waals surface area contributed by atoms with Gasteiger partial charge in [-0.1, -0.05) is 17.3 Å². The number of amides is 1. The number of carbonyl (C=O) groups excluding carboxylic acids is 1. The van der Waals surface area contributed by atoms with Crippen LogP contribution < -0.4 is 0 Å². The van der Waals surface area contributed by atoms with Crippen LogP contribution in [0, 0.1) is 12.7 Å². The summed E-state index contributed by atoms with van der Waals surface area (Å²) in [4.78, 5) is 20.4. The van der Waals surface area contributed by atoms with Crippen LogP contribution in [0.15, 0.2) is 28.8 Å². The zero-order valence-corrected chi connectivity index (χ0v) is 14.8. The number of carbonyl (C=O) groups is 1. The Morgan fingerprint density at radius 3 is 2.96 bits per heavy atom. The van der Waals surface area contributed by atoms with E-state index in [1.54, 1.807) is 30.9 Å². The number of aromatic nitrogens is 2. The fraction of sp³-hybridized carbons (Fsp3) is 0.500. The van der Waals surface area contributed by atoms with Gasteiger partial charge in [-0.2, -0.15) is 4.98 Å². The van der Waals surface area contributed by atoms with Gasteiger partial charge in [-0.25, -0.2) is 4.39 Å². The van der Waals surface area contributed by atoms with E-state index in [0.717, 1.165) is 25.1 Å². The number of hydrogen-bond acceptors (Lipinski definition) is 5. The molecule has 0 bridgehead atoms. The molecule has 2 aromatic rings. The summed E-state index contributed by atoms with van der Waals surface area (Å²) in [5, 5.41) is 3.89. The summed E-state index contributed by atoms with van der Waals surface area (Å²) in [5.41, 5.74) is 0.948. The molecule has 1 fully saturated rings. The monoisotopic (exact) mass is 346 g/mol. The second kappa shape index (κ2) is 7.31. The molecule has 2 atom stereocenters. The van der Waals surface area contributed by atoms with Gasteiger partial charge in [0.05, 0.1) is 6.54 Å². The van der Waals surface area contributed by atoms with Crippen LogP contribution in [0.4, 0.5) is 4.39 Å². The van der Waals surface area contributed by atoms with Crippen LogP contribution >= 0.6 is 0 Å². The Morgan fingerprint density at radius 2 is 2.32 bits per heavy atom. The molecule has 25 heavy (non-hydrogen) atoms. The highest BCUT2D eigenvalue weighted by Crippen LogP contribution is 2.27. The highest BCUT2D eigenvalue weighted by Gasteiger charge is 2.32. The minimum absolute atomic E-state index is 0.00675. The zero-order chi connectivity index (χ0) is 18.0. The van der Waals surface area contributed by atoms with Crippen LogP contribution in [0.1, 0.15) is 43.6 Å². The molecule has 7 heteroatoms. The number of likely N-dealkylation sites (tertiary alicyclic amines) is 1. The molecule has 3 rings (SSSR count). The van der Waals surface area contributed by atoms with Crippen LogP contribution in [0.3, 0.4) is 0 Å². The van der Waals surface area contributed by atoms with Crippen LogP contribution in [0.25, 0.3) is 0 Å². The summed E-state index contributed by atoms with van der Waals surface area (Å²) in [6.45, 7) is 7.31. The largest absolute Gasteiger partial charge is 0.340 e. The van der Waals surface area contributed by atoms with Crippen molar-refractivity contribution in [3.05, 3.63) is 47.4 Å². The number of aryl methyl sites for hydroxylation is 1. The van der Waals surface area contributed by atoms with Gasteiger partial charge in [-0.15, -0.1) is 0 Å². The van der Waals surface area contributed by atoms with Gasteiger partial charge in [0, 0.05) is 39.0 Å². The first-order chi connectivity index (χ1) is 11.9. The summed E-state index contributed by atoms with van der Waals surface area (Å²) in [7, 11) is 0. The third kappa shape index (κ3) is 4.04. The van der Waals surface area contributed by atoms with Gasteiger partial charge in [0.2, 0.25) is 11.8 Å². The number of nitrogens with zero attached hydrogens (tertiary/aromatic N) is 4. The molecular weight excluding hydrogens is 323 g/mol. The quantitative estimate of drug-likeness (QED) is 0.833. The van der Waals surface area contributed by atoms with Crippen LogP contribution in [-0.4, -0.2) is 45.0 Å². The van der Waals surface area contributed by atoms with Gasteiger partial charge in [0.15, 0.2) is 5.82 Å². The van der Waals surface area contributed by atoms with Gasteiger partial charge >= 0.3 is 0 Å². The van der Waals surface area contributed by atoms with Gasteiger partial charge in [0.25, 0.3) is 0 Å². The van der Waals surface area contributed by atoms with Gasteiger partial charge < -0.3 is 9.42 Å². The number of halogens is 1. The lowest BCUT2D eigenvalue weighted by molar-refractivity contribution is -0.131. The fourth-order valence-corrected chi connectivity index (χ4v) is 3.41. The second-order valence-electron chi connectivity index (χ2n) is 6.54. The van der Waals surface area contributed by atoms with E-state index in [1.165, 1.54) is 6.07 Å². The number of hydrogen-bond donors (Lipinski definition) is 0. The molecule has 1 aromatic heterocycles. The number of benzene rings is 1. The van der Waals surface area contributed by atoms with E-state index >= 15 is 0 Å². The van der Waals surface area contributed by atoms with E-state index in [2.05, 4.69) is 22.0 Å². The van der Waals surface area contributed by atoms with Gasteiger partial charge in [-0.3, -0.25) is 9.69 Å². The van der Waals surface area contributed by atoms with Crippen molar-refractivity contribution in [3.63, 3.8) is 0 Å². The Labute approximate surface area is 146 Å². The minimum atomic E-state index is -0.224. The Balaban J connectivity index is 1.68. The van der Waals surface area contributed by atoms with Crippen molar-refractivity contribution < 1.29 is 13.7 Å². The van der Waals surface area contributed by atoms with E-state index in [-0.39, 0.29) is 23.8 Å². The third-order valence-corrected chi connectivity index (χ3v) is 4.80. The van der Waals surface area contributed by atoms with Gasteiger partial charge in [0.1, 0.15) is 5.82 Å². The molecule has 0 saturated carbocycles. The predicted octanol–water partition coefficient (Wildman–Crippen LogP) is 2.70. The molecule has 1 aliphatic heterocycles. The third-order valence-electron chi connectivity index (χ3n) is 4.80. The SMILES string of the molecule is CC(=O)N(Cc1noc(C)n1)[C@H]1CCN([C@@H](C)c2cccc(F)c2)C1. The van der Waals surface area contributed by atoms with E-state index < -0.39 is 0 Å². The first kappa shape index (κ1) is 17.5. The summed E-state index contributed by atoms with van der Waals surface area (Å²) in [6.07, 6.45) is 0.871. The molecule has 134 valence electrons. The van der Waals surface area contributed by atoms with Crippen molar-refractivity contribution in [2.75, 3.05) is 13.1 Å². The molecule has 0 unspecified atom stereocenters. The van der Waals surface area contributed by atoms with Gasteiger partial charge in [-0.05, 0) is 31.0 Å². The topological polar surface area (TPSA) is 62.5 Å². The Morgan fingerprint density at radius 1 is 1.52 bits per heavy atom. The maximum absolute atomic E-state index is 13.5. The Hall–Kier alpha value is -2.28. The van der Waals surface area contributed by atoms with Crippen LogP contribution in [-0.2, 0) is 11.3 Å². The summed E-state index contributed by atoms with van der Waals surface area (Å²) >= 11 is 0. The van der Waals surface area contributed by atoms with Crippen molar-refractivity contribution in [2.45, 2.75) is 45.8 Å². The highest BCUT2D eigenvalue weighted by atomic mass is 19.1. The Bertz CT molecular complexity index is 748. The lowest BCUT2D eigenvalue weighted by Crippen LogP contribution is -2.40. The summed E-state index contributed by atoms with van der Waals surface area (Å²) < 4.78 is 18.5. The van der Waals surface area contributed by atoms with E-state index in [4.69, 9.17) is 4.52 Å². The molecule has 1 aromatic carbocycles. The highest BCUT2D eigenvalue weighted by molar-refractivity contribution is 5.73. The molecule has 2 heterocycles. The first-order valence-corrected chi connectivity index (χ1v) is 8.50. The molecule has 6 nitrogen and oxygen atoms in total. The Kier molecular flexibility index (Phi) is 5.13. The summed E-state index contributed by atoms with van der Waals surface area (Å²) in [6, 6.07) is 6.88. The lowest BCUT2D eigenvalue weighted by Gasteiger charge is -2.29. The molecule has 0 radical (unpaired) electrons. The lowest BCUT2D eigenvalue weighted by atomic mass is 10.1. The smallest absolute Gasteiger partial charge is 0.223 e. The van der Waals surface area contributed by atoms with Crippen LogP contribution in [0.2, 0.25) is 0 Å². The molecule has 1 aliphatic rings. The van der Waals surface area contributed by atoms with E-state index in [1.807, 2.05) is 6.07 Å². The maximum Gasteiger partial charge on any atom is 0.223 e. The maximum atomic E-state index is 13.5. The van der Waals surface area contributed by atoms with Crippen LogP contribution in [0.5, 0.6) is 0 Å². The first-order valence-electron chi connectivity index (χ1n) is 8.50. The van der Waals surface area contributed by atoms with Crippen molar-refractivity contribution >= 4 is 5.91 Å². The van der Waals surface area contributed by atoms with Crippen molar-refractivity contribution in [1.82, 2.24) is 19.9 Å². The molecule has 0 aliphatic carbocycles. The molecule has 1 saturated heterocycles. The van der Waals surface area contributed by atoms with Crippen molar-refractivity contribution in [1.29, 1.82) is 0 Å². The molecule has 0 N–H and O–H groups in total. The predicted molar refractivity (Wildman–Crippen MR) is 90.1 cm³/mol.